The molecule has 8 heteroatoms. The number of aliphatic carboxylic acids is 1. The van der Waals surface area contributed by atoms with Crippen molar-refractivity contribution in [1.82, 2.24) is 0 Å². The van der Waals surface area contributed by atoms with Crippen LogP contribution in [0.5, 0.6) is 0 Å². The molecule has 0 heterocycles. The third-order valence-corrected chi connectivity index (χ3v) is 7.95. The zero-order chi connectivity index (χ0) is 36.4. The van der Waals surface area contributed by atoms with Crippen LogP contribution in [0.1, 0.15) is 129 Å². The number of likely N-dealkylation sites (N-methyl/N-ethyl adjacent to an activating group) is 1. The van der Waals surface area contributed by atoms with Gasteiger partial charge in [-0.25, -0.2) is 0 Å². The quantitative estimate of drug-likeness (QED) is 0.0305. The normalized spacial score (nSPS) is 13.7. The van der Waals surface area contributed by atoms with Crippen LogP contribution in [0.3, 0.4) is 0 Å². The van der Waals surface area contributed by atoms with E-state index in [1.807, 2.05) is 6.08 Å². The lowest BCUT2D eigenvalue weighted by Crippen LogP contribution is -2.55. The molecule has 0 aromatic heterocycles. The maximum absolute atomic E-state index is 12.6. The van der Waals surface area contributed by atoms with Crippen molar-refractivity contribution in [2.75, 3.05) is 41.0 Å². The highest BCUT2D eigenvalue weighted by atomic mass is 16.6. The van der Waals surface area contributed by atoms with E-state index >= 15 is 0 Å². The Labute approximate surface area is 298 Å². The Morgan fingerprint density at radius 2 is 1.12 bits per heavy atom. The van der Waals surface area contributed by atoms with Gasteiger partial charge in [-0.15, -0.1) is 0 Å². The summed E-state index contributed by atoms with van der Waals surface area (Å²) < 4.78 is 16.9. The minimum absolute atomic E-state index is 0.000146. The van der Waals surface area contributed by atoms with Gasteiger partial charge in [-0.1, -0.05) is 132 Å². The van der Waals surface area contributed by atoms with Crippen molar-refractivity contribution >= 4 is 17.9 Å². The first-order chi connectivity index (χ1) is 23.6. The van der Waals surface area contributed by atoms with E-state index < -0.39 is 24.1 Å². The predicted octanol–water partition coefficient (Wildman–Crippen LogP) is 8.13. The van der Waals surface area contributed by atoms with Gasteiger partial charge in [0, 0.05) is 12.8 Å². The van der Waals surface area contributed by atoms with Gasteiger partial charge in [-0.2, -0.15) is 0 Å². The molecule has 0 radical (unpaired) electrons. The average molecular weight is 688 g/mol. The molecular formula is C41H69NO7. The molecule has 0 saturated carbocycles. The maximum atomic E-state index is 12.6. The highest BCUT2D eigenvalue weighted by Gasteiger charge is 2.25. The summed E-state index contributed by atoms with van der Waals surface area (Å²) in [5.41, 5.74) is 0. The second-order valence-electron chi connectivity index (χ2n) is 13.5. The molecule has 0 spiro atoms. The Kier molecular flexibility index (Phi) is 30.3. The lowest BCUT2D eigenvalue weighted by molar-refractivity contribution is -0.889. The number of unbranched alkanes of at least 4 members (excludes halogenated alkanes) is 9. The van der Waals surface area contributed by atoms with Gasteiger partial charge in [0.05, 0.1) is 46.7 Å². The molecule has 0 saturated heterocycles. The van der Waals surface area contributed by atoms with Crippen LogP contribution in [-0.4, -0.2) is 75.5 Å². The van der Waals surface area contributed by atoms with Gasteiger partial charge in [0.15, 0.2) is 6.10 Å². The fraction of sp³-hybridized carbons (Fsp3) is 0.683. The van der Waals surface area contributed by atoms with E-state index in [4.69, 9.17) is 14.2 Å². The molecule has 2 unspecified atom stereocenters. The number of carbonyl (C=O) groups is 3. The first-order valence-corrected chi connectivity index (χ1v) is 18.8. The molecule has 0 bridgehead atoms. The minimum atomic E-state index is -1.14. The molecule has 0 fully saturated rings. The van der Waals surface area contributed by atoms with Crippen molar-refractivity contribution in [3.05, 3.63) is 60.8 Å². The van der Waals surface area contributed by atoms with Crippen molar-refractivity contribution in [3.63, 3.8) is 0 Å². The van der Waals surface area contributed by atoms with Crippen LogP contribution in [0.4, 0.5) is 0 Å². The fourth-order valence-corrected chi connectivity index (χ4v) is 5.03. The highest BCUT2D eigenvalue weighted by Crippen LogP contribution is 2.12. The topological polar surface area (TPSA) is 102 Å². The van der Waals surface area contributed by atoms with Crippen LogP contribution in [0.25, 0.3) is 0 Å². The van der Waals surface area contributed by atoms with Gasteiger partial charge in [0.1, 0.15) is 12.6 Å². The van der Waals surface area contributed by atoms with Crippen LogP contribution in [-0.2, 0) is 28.6 Å². The number of ether oxygens (including phenoxy) is 3. The van der Waals surface area contributed by atoms with Crippen molar-refractivity contribution in [2.45, 2.75) is 142 Å². The summed E-state index contributed by atoms with van der Waals surface area (Å²) in [7, 11) is 5.36. The lowest BCUT2D eigenvalue weighted by Gasteiger charge is -2.34. The molecule has 0 amide bonds. The molecule has 0 aliphatic carbocycles. The molecule has 0 aromatic rings. The SMILES string of the molecule is CC/C=C\C/C=C\C/C=C\C/C=C\C/C=C\CC(=O)OC(COCCC(C(=O)[O-])[N+](C)(C)C)COC(=O)CCCCCCCCCCCC. The molecule has 49 heavy (non-hydrogen) atoms. The molecule has 0 aliphatic rings. The largest absolute Gasteiger partial charge is 0.544 e. The summed E-state index contributed by atoms with van der Waals surface area (Å²) in [6.45, 7) is 4.40. The van der Waals surface area contributed by atoms with Crippen LogP contribution in [0, 0.1) is 0 Å². The third kappa shape index (κ3) is 30.8. The molecule has 8 nitrogen and oxygen atoms in total. The highest BCUT2D eigenvalue weighted by molar-refractivity contribution is 5.71. The number of nitrogens with zero attached hydrogens (tertiary/aromatic N) is 1. The Hall–Kier alpha value is -2.97. The number of hydrogen-bond donors (Lipinski definition) is 0. The summed E-state index contributed by atoms with van der Waals surface area (Å²) >= 11 is 0. The number of carbonyl (C=O) groups excluding carboxylic acids is 3. The first-order valence-electron chi connectivity index (χ1n) is 18.8. The number of carboxylic acid groups (broad SMARTS) is 1. The van der Waals surface area contributed by atoms with E-state index in [0.29, 0.717) is 12.8 Å². The van der Waals surface area contributed by atoms with Gasteiger partial charge in [-0.05, 0) is 38.5 Å². The van der Waals surface area contributed by atoms with E-state index in [2.05, 4.69) is 62.5 Å². The van der Waals surface area contributed by atoms with E-state index in [-0.39, 0.29) is 43.1 Å². The zero-order valence-electron chi connectivity index (χ0n) is 31.6. The summed E-state index contributed by atoms with van der Waals surface area (Å²) in [5.74, 6) is -1.91. The van der Waals surface area contributed by atoms with E-state index in [1.54, 1.807) is 27.2 Å². The maximum Gasteiger partial charge on any atom is 0.310 e. The molecule has 0 aromatic carbocycles. The monoisotopic (exact) mass is 688 g/mol. The molecule has 2 atom stereocenters. The van der Waals surface area contributed by atoms with E-state index in [9.17, 15) is 19.5 Å². The number of quaternary nitrogens is 1. The van der Waals surface area contributed by atoms with Crippen LogP contribution >= 0.6 is 0 Å². The number of rotatable bonds is 32. The summed E-state index contributed by atoms with van der Waals surface area (Å²) in [6, 6.07) is -0.741. The molecule has 0 aliphatic heterocycles. The summed E-state index contributed by atoms with van der Waals surface area (Å²) in [6.07, 6.45) is 37.0. The van der Waals surface area contributed by atoms with Crippen molar-refractivity contribution in [2.24, 2.45) is 0 Å². The molecule has 280 valence electrons. The second-order valence-corrected chi connectivity index (χ2v) is 13.5. The van der Waals surface area contributed by atoms with Crippen molar-refractivity contribution < 1.29 is 38.2 Å². The first kappa shape index (κ1) is 46.0. The number of esters is 2. The summed E-state index contributed by atoms with van der Waals surface area (Å²) in [4.78, 5) is 36.5. The number of hydrogen-bond acceptors (Lipinski definition) is 7. The van der Waals surface area contributed by atoms with Gasteiger partial charge < -0.3 is 28.6 Å². The van der Waals surface area contributed by atoms with E-state index in [0.717, 1.165) is 44.9 Å². The molecule has 0 N–H and O–H groups in total. The standard InChI is InChI=1S/C41H69NO7/c1-6-8-10-12-14-16-18-19-20-21-22-24-26-28-30-32-40(44)49-37(35-47-34-33-38(41(45)46)42(3,4)5)36-48-39(43)31-29-27-25-23-17-15-13-11-9-7-2/h8,10,14,16,19-20,22,24,28,30,37-38H,6-7,9,11-13,15,17-18,21,23,25-27,29,31-36H2,1-5H3/b10-8-,16-14-,20-19-,24-22-,30-28-. The zero-order valence-corrected chi connectivity index (χ0v) is 31.6. The Morgan fingerprint density at radius 3 is 1.61 bits per heavy atom. The average Bonchev–Trinajstić information content (AvgIpc) is 3.05. The van der Waals surface area contributed by atoms with Crippen LogP contribution in [0.15, 0.2) is 60.8 Å². The van der Waals surface area contributed by atoms with Crippen LogP contribution in [0.2, 0.25) is 0 Å². The van der Waals surface area contributed by atoms with Gasteiger partial charge in [0.25, 0.3) is 0 Å². The smallest absolute Gasteiger partial charge is 0.310 e. The molecular weight excluding hydrogens is 618 g/mol. The summed E-state index contributed by atoms with van der Waals surface area (Å²) in [5, 5.41) is 11.6. The predicted molar refractivity (Wildman–Crippen MR) is 199 cm³/mol. The molecule has 0 rings (SSSR count). The Bertz CT molecular complexity index is 990. The Balaban J connectivity index is 4.60. The van der Waals surface area contributed by atoms with Crippen molar-refractivity contribution in [1.29, 1.82) is 0 Å². The number of allylic oxidation sites excluding steroid dienone is 9. The van der Waals surface area contributed by atoms with Gasteiger partial charge in [0.2, 0.25) is 0 Å². The van der Waals surface area contributed by atoms with Gasteiger partial charge in [-0.3, -0.25) is 9.59 Å². The number of carboxylic acids is 1. The third-order valence-electron chi connectivity index (χ3n) is 7.95. The second kappa shape index (κ2) is 32.2. The van der Waals surface area contributed by atoms with Gasteiger partial charge >= 0.3 is 11.9 Å². The minimum Gasteiger partial charge on any atom is -0.544 e. The Morgan fingerprint density at radius 1 is 0.633 bits per heavy atom. The fourth-order valence-electron chi connectivity index (χ4n) is 5.03. The van der Waals surface area contributed by atoms with E-state index in [1.165, 1.54) is 44.9 Å². The lowest BCUT2D eigenvalue weighted by atomic mass is 10.1. The van der Waals surface area contributed by atoms with Crippen molar-refractivity contribution in [3.8, 4) is 0 Å². The van der Waals surface area contributed by atoms with Crippen LogP contribution < -0.4 is 5.11 Å².